The van der Waals surface area contributed by atoms with Crippen LogP contribution in [0.15, 0.2) is 34.9 Å². The molecule has 0 atom stereocenters. The van der Waals surface area contributed by atoms with Crippen LogP contribution in [0.25, 0.3) is 0 Å². The third kappa shape index (κ3) is 2.71. The highest BCUT2D eigenvalue weighted by atomic mass is 79.9. The minimum atomic E-state index is 0.355. The lowest BCUT2D eigenvalue weighted by Gasteiger charge is -2.13. The summed E-state index contributed by atoms with van der Waals surface area (Å²) in [7, 11) is 0. The topological polar surface area (TPSA) is 48.1 Å². The lowest BCUT2D eigenvalue weighted by atomic mass is 10.1. The van der Waals surface area contributed by atoms with Crippen molar-refractivity contribution in [1.29, 1.82) is 0 Å². The Morgan fingerprint density at radius 1 is 1.28 bits per heavy atom. The smallest absolute Gasteiger partial charge is 0.151 e. The van der Waals surface area contributed by atoms with Gasteiger partial charge in [-0.1, -0.05) is 12.1 Å². The Kier molecular flexibility index (Phi) is 3.99. The Balaban J connectivity index is 2.39. The molecule has 3 nitrogen and oxygen atoms in total. The monoisotopic (exact) mass is 306 g/mol. The van der Waals surface area contributed by atoms with Gasteiger partial charge in [0.05, 0.1) is 5.69 Å². The van der Waals surface area contributed by atoms with Gasteiger partial charge >= 0.3 is 0 Å². The fourth-order valence-corrected chi connectivity index (χ4v) is 1.95. The van der Waals surface area contributed by atoms with Gasteiger partial charge in [-0.2, -0.15) is 0 Å². The van der Waals surface area contributed by atoms with Crippen molar-refractivity contribution in [3.63, 3.8) is 0 Å². The molecule has 0 aliphatic heterocycles. The molecule has 0 saturated heterocycles. The molecule has 0 aliphatic rings. The number of rotatable bonds is 3. The van der Waals surface area contributed by atoms with E-state index in [0.717, 1.165) is 21.5 Å². The molecule has 1 heterocycles. The van der Waals surface area contributed by atoms with E-state index in [4.69, 9.17) is 10.5 Å². The van der Waals surface area contributed by atoms with Gasteiger partial charge in [0.1, 0.15) is 5.75 Å². The van der Waals surface area contributed by atoms with E-state index < -0.39 is 0 Å². The fraction of sp³-hybridized carbons (Fsp3) is 0.214. The van der Waals surface area contributed by atoms with Crippen molar-refractivity contribution in [2.75, 3.05) is 0 Å². The number of ether oxygens (including phenoxy) is 1. The number of halogens is 1. The van der Waals surface area contributed by atoms with E-state index >= 15 is 0 Å². The van der Waals surface area contributed by atoms with Crippen molar-refractivity contribution in [1.82, 2.24) is 4.98 Å². The second-order valence-electron chi connectivity index (χ2n) is 4.10. The van der Waals surface area contributed by atoms with Crippen LogP contribution in [0.5, 0.6) is 11.5 Å². The molecule has 2 N–H and O–H groups in total. The number of aryl methyl sites for hydroxylation is 1. The zero-order chi connectivity index (χ0) is 13.1. The maximum atomic E-state index is 5.92. The second kappa shape index (κ2) is 5.50. The van der Waals surface area contributed by atoms with Crippen LogP contribution >= 0.6 is 15.9 Å². The minimum absolute atomic E-state index is 0.355. The van der Waals surface area contributed by atoms with E-state index in [-0.39, 0.29) is 0 Å². The number of aromatic nitrogens is 1. The van der Waals surface area contributed by atoms with E-state index in [9.17, 15) is 0 Å². The first-order chi connectivity index (χ1) is 8.61. The highest BCUT2D eigenvalue weighted by Gasteiger charge is 2.08. The maximum Gasteiger partial charge on any atom is 0.151 e. The molecule has 0 saturated carbocycles. The van der Waals surface area contributed by atoms with Crippen molar-refractivity contribution in [2.24, 2.45) is 5.73 Å². The molecule has 2 aromatic rings. The molecule has 4 heteroatoms. The van der Waals surface area contributed by atoms with Gasteiger partial charge in [-0.3, -0.25) is 4.98 Å². The van der Waals surface area contributed by atoms with Crippen LogP contribution in [0, 0.1) is 13.8 Å². The van der Waals surface area contributed by atoms with Gasteiger partial charge < -0.3 is 10.5 Å². The Bertz CT molecular complexity index is 570. The van der Waals surface area contributed by atoms with Gasteiger partial charge in [-0.05, 0) is 53.0 Å². The molecule has 1 aromatic heterocycles. The lowest BCUT2D eigenvalue weighted by molar-refractivity contribution is 0.468. The van der Waals surface area contributed by atoms with Gasteiger partial charge in [0.2, 0.25) is 0 Å². The summed E-state index contributed by atoms with van der Waals surface area (Å²) in [4.78, 5) is 4.25. The third-order valence-electron chi connectivity index (χ3n) is 2.87. The normalized spacial score (nSPS) is 10.4. The van der Waals surface area contributed by atoms with Crippen LogP contribution in [0.4, 0.5) is 0 Å². The summed E-state index contributed by atoms with van der Waals surface area (Å²) in [6.45, 7) is 4.46. The first-order valence-corrected chi connectivity index (χ1v) is 6.49. The highest BCUT2D eigenvalue weighted by molar-refractivity contribution is 9.10. The van der Waals surface area contributed by atoms with Gasteiger partial charge in [0.25, 0.3) is 0 Å². The van der Waals surface area contributed by atoms with Crippen LogP contribution in [0.1, 0.15) is 16.8 Å². The van der Waals surface area contributed by atoms with Crippen molar-refractivity contribution >= 4 is 15.9 Å². The molecular formula is C14H15BrN2O. The number of hydrogen-bond donors (Lipinski definition) is 1. The maximum absolute atomic E-state index is 5.92. The number of pyridine rings is 1. The van der Waals surface area contributed by atoms with Crippen LogP contribution in [0.3, 0.4) is 0 Å². The van der Waals surface area contributed by atoms with Crippen molar-refractivity contribution in [3.05, 3.63) is 51.8 Å². The largest absolute Gasteiger partial charge is 0.455 e. The summed E-state index contributed by atoms with van der Waals surface area (Å²) in [5.74, 6) is 1.53. The zero-order valence-electron chi connectivity index (χ0n) is 10.4. The Hall–Kier alpha value is -1.39. The predicted molar refractivity (Wildman–Crippen MR) is 75.8 cm³/mol. The molecule has 2 rings (SSSR count). The first-order valence-electron chi connectivity index (χ1n) is 5.70. The second-order valence-corrected chi connectivity index (χ2v) is 5.02. The lowest BCUT2D eigenvalue weighted by Crippen LogP contribution is -2.02. The Labute approximate surface area is 115 Å². The molecule has 94 valence electrons. The molecule has 0 bridgehead atoms. The Morgan fingerprint density at radius 2 is 2.06 bits per heavy atom. The summed E-state index contributed by atoms with van der Waals surface area (Å²) in [6, 6.07) is 7.87. The van der Waals surface area contributed by atoms with E-state index in [2.05, 4.69) is 33.9 Å². The average molecular weight is 307 g/mol. The summed E-state index contributed by atoms with van der Waals surface area (Å²) in [5, 5.41) is 0. The van der Waals surface area contributed by atoms with Crippen LogP contribution in [0.2, 0.25) is 0 Å². The van der Waals surface area contributed by atoms with Gasteiger partial charge in [-0.15, -0.1) is 0 Å². The molecule has 0 unspecified atom stereocenters. The van der Waals surface area contributed by atoms with Gasteiger partial charge in [-0.25, -0.2) is 0 Å². The van der Waals surface area contributed by atoms with Crippen molar-refractivity contribution in [2.45, 2.75) is 20.4 Å². The van der Waals surface area contributed by atoms with Crippen LogP contribution in [-0.2, 0) is 6.54 Å². The van der Waals surface area contributed by atoms with E-state index in [0.29, 0.717) is 12.3 Å². The van der Waals surface area contributed by atoms with Crippen molar-refractivity contribution < 1.29 is 4.74 Å². The SMILES string of the molecule is Cc1cccc(Oc2cc(Br)cnc2CN)c1C. The van der Waals surface area contributed by atoms with Crippen LogP contribution in [-0.4, -0.2) is 4.98 Å². The highest BCUT2D eigenvalue weighted by Crippen LogP contribution is 2.30. The zero-order valence-corrected chi connectivity index (χ0v) is 12.0. The summed E-state index contributed by atoms with van der Waals surface area (Å²) >= 11 is 3.39. The molecule has 1 aromatic carbocycles. The van der Waals surface area contributed by atoms with E-state index in [1.54, 1.807) is 6.20 Å². The number of nitrogens with two attached hydrogens (primary N) is 1. The molecule has 0 amide bonds. The Morgan fingerprint density at radius 3 is 2.78 bits per heavy atom. The minimum Gasteiger partial charge on any atom is -0.455 e. The molecule has 18 heavy (non-hydrogen) atoms. The number of hydrogen-bond acceptors (Lipinski definition) is 3. The third-order valence-corrected chi connectivity index (χ3v) is 3.30. The fourth-order valence-electron chi connectivity index (χ4n) is 1.64. The molecule has 0 fully saturated rings. The van der Waals surface area contributed by atoms with Gasteiger partial charge in [0, 0.05) is 17.2 Å². The quantitative estimate of drug-likeness (QED) is 0.940. The number of nitrogens with zero attached hydrogens (tertiary/aromatic N) is 1. The number of benzene rings is 1. The van der Waals surface area contributed by atoms with Gasteiger partial charge in [0.15, 0.2) is 5.75 Å². The summed E-state index contributed by atoms with van der Waals surface area (Å²) in [5.41, 5.74) is 8.74. The first kappa shape index (κ1) is 13.1. The molecule has 0 aliphatic carbocycles. The molecule has 0 radical (unpaired) electrons. The summed E-state index contributed by atoms with van der Waals surface area (Å²) < 4.78 is 6.80. The molecule has 0 spiro atoms. The molecular weight excluding hydrogens is 292 g/mol. The van der Waals surface area contributed by atoms with E-state index in [1.807, 2.05) is 25.1 Å². The standard InChI is InChI=1S/C14H15BrN2O/c1-9-4-3-5-13(10(9)2)18-14-6-11(15)8-17-12(14)7-16/h3-6,8H,7,16H2,1-2H3. The van der Waals surface area contributed by atoms with Crippen LogP contribution < -0.4 is 10.5 Å². The predicted octanol–water partition coefficient (Wildman–Crippen LogP) is 3.71. The van der Waals surface area contributed by atoms with E-state index in [1.165, 1.54) is 5.56 Å². The summed E-state index contributed by atoms with van der Waals surface area (Å²) in [6.07, 6.45) is 1.72. The average Bonchev–Trinajstić information content (AvgIpc) is 2.35. The van der Waals surface area contributed by atoms with Crippen molar-refractivity contribution in [3.8, 4) is 11.5 Å².